The predicted octanol–water partition coefficient (Wildman–Crippen LogP) is 5.29. The molecule has 136 valence electrons. The summed E-state index contributed by atoms with van der Waals surface area (Å²) in [6.07, 6.45) is 0. The number of aromatic nitrogens is 2. The van der Waals surface area contributed by atoms with Crippen LogP contribution in [0.3, 0.4) is 0 Å². The highest BCUT2D eigenvalue weighted by Crippen LogP contribution is 2.22. The Hall–Kier alpha value is -1.85. The number of rotatable bonds is 5. The summed E-state index contributed by atoms with van der Waals surface area (Å²) in [5.41, 5.74) is 2.51. The van der Waals surface area contributed by atoms with Crippen LogP contribution in [0.1, 0.15) is 30.0 Å². The fraction of sp³-hybridized carbons (Fsp3) is 0.300. The van der Waals surface area contributed by atoms with Crippen molar-refractivity contribution in [2.24, 2.45) is 13.0 Å². The van der Waals surface area contributed by atoms with Crippen molar-refractivity contribution in [3.8, 4) is 0 Å². The Bertz CT molecular complexity index is 951. The van der Waals surface area contributed by atoms with E-state index in [2.05, 4.69) is 34.8 Å². The lowest BCUT2D eigenvalue weighted by Gasteiger charge is -2.24. The summed E-state index contributed by atoms with van der Waals surface area (Å²) < 4.78 is 2.91. The molecule has 0 N–H and O–H groups in total. The number of benzene rings is 2. The molecule has 6 heteroatoms. The van der Waals surface area contributed by atoms with Crippen LogP contribution in [0.15, 0.2) is 46.9 Å². The van der Waals surface area contributed by atoms with Crippen molar-refractivity contribution in [3.05, 3.63) is 63.3 Å². The second-order valence-corrected chi connectivity index (χ2v) is 8.16. The lowest BCUT2D eigenvalue weighted by Crippen LogP contribution is -2.34. The molecule has 3 rings (SSSR count). The third-order valence-electron chi connectivity index (χ3n) is 4.21. The van der Waals surface area contributed by atoms with Crippen molar-refractivity contribution in [1.82, 2.24) is 14.5 Å². The number of halogens is 2. The van der Waals surface area contributed by atoms with Gasteiger partial charge in [-0.05, 0) is 42.3 Å². The van der Waals surface area contributed by atoms with Gasteiger partial charge in [0.05, 0.1) is 17.6 Å². The van der Waals surface area contributed by atoms with E-state index in [9.17, 15) is 4.79 Å². The summed E-state index contributed by atoms with van der Waals surface area (Å²) in [7, 11) is 1.97. The van der Waals surface area contributed by atoms with Crippen molar-refractivity contribution >= 4 is 44.5 Å². The van der Waals surface area contributed by atoms with E-state index in [1.54, 1.807) is 0 Å². The quantitative estimate of drug-likeness (QED) is 0.547. The number of imidazole rings is 1. The van der Waals surface area contributed by atoms with E-state index in [-0.39, 0.29) is 5.91 Å². The highest BCUT2D eigenvalue weighted by Gasteiger charge is 2.20. The molecule has 0 atom stereocenters. The van der Waals surface area contributed by atoms with Crippen LogP contribution in [0.25, 0.3) is 11.0 Å². The number of aryl methyl sites for hydroxylation is 1. The van der Waals surface area contributed by atoms with Gasteiger partial charge in [0.15, 0.2) is 0 Å². The molecular formula is C20H21BrClN3O. The molecule has 1 heterocycles. The number of carbonyl (C=O) groups is 1. The Balaban J connectivity index is 1.94. The van der Waals surface area contributed by atoms with E-state index in [4.69, 9.17) is 11.6 Å². The van der Waals surface area contributed by atoms with Crippen LogP contribution in [0.5, 0.6) is 0 Å². The van der Waals surface area contributed by atoms with Crippen LogP contribution < -0.4 is 0 Å². The van der Waals surface area contributed by atoms with Gasteiger partial charge in [-0.15, -0.1) is 0 Å². The molecule has 0 fully saturated rings. The van der Waals surface area contributed by atoms with Crippen molar-refractivity contribution in [1.29, 1.82) is 0 Å². The van der Waals surface area contributed by atoms with Gasteiger partial charge < -0.3 is 9.47 Å². The van der Waals surface area contributed by atoms with Gasteiger partial charge in [-0.2, -0.15) is 0 Å². The second-order valence-electron chi connectivity index (χ2n) is 6.81. The maximum atomic E-state index is 13.1. The first-order valence-corrected chi connectivity index (χ1v) is 9.68. The largest absolute Gasteiger partial charge is 0.331 e. The summed E-state index contributed by atoms with van der Waals surface area (Å²) in [6, 6.07) is 13.1. The van der Waals surface area contributed by atoms with E-state index in [1.807, 2.05) is 59.0 Å². The van der Waals surface area contributed by atoms with Crippen molar-refractivity contribution in [2.75, 3.05) is 6.54 Å². The Morgan fingerprint density at radius 2 is 2.04 bits per heavy atom. The van der Waals surface area contributed by atoms with Gasteiger partial charge in [-0.25, -0.2) is 4.98 Å². The smallest absolute Gasteiger partial charge is 0.254 e. The molecule has 0 saturated heterocycles. The minimum absolute atomic E-state index is 0.00471. The molecule has 0 saturated carbocycles. The van der Waals surface area contributed by atoms with E-state index < -0.39 is 0 Å². The minimum Gasteiger partial charge on any atom is -0.331 e. The van der Waals surface area contributed by atoms with Crippen molar-refractivity contribution in [3.63, 3.8) is 0 Å². The number of hydrogen-bond acceptors (Lipinski definition) is 2. The van der Waals surface area contributed by atoms with Crippen LogP contribution in [0.2, 0.25) is 5.02 Å². The Kier molecular flexibility index (Phi) is 5.68. The number of hydrogen-bond donors (Lipinski definition) is 0. The Morgan fingerprint density at radius 1 is 1.27 bits per heavy atom. The third-order valence-corrected chi connectivity index (χ3v) is 4.94. The zero-order chi connectivity index (χ0) is 18.8. The lowest BCUT2D eigenvalue weighted by molar-refractivity contribution is 0.0716. The van der Waals surface area contributed by atoms with Gasteiger partial charge in [0, 0.05) is 28.7 Å². The van der Waals surface area contributed by atoms with Gasteiger partial charge in [-0.1, -0.05) is 47.4 Å². The van der Waals surface area contributed by atoms with Gasteiger partial charge >= 0.3 is 0 Å². The standard InChI is InChI=1S/C20H21BrClN3O/c1-13(2)11-25(20(26)14-5-4-6-15(21)9-14)12-19-23-17-10-16(22)7-8-18(17)24(19)3/h4-10,13H,11-12H2,1-3H3. The number of amides is 1. The zero-order valence-corrected chi connectivity index (χ0v) is 17.4. The van der Waals surface area contributed by atoms with Gasteiger partial charge in [0.25, 0.3) is 5.91 Å². The Labute approximate surface area is 166 Å². The molecule has 26 heavy (non-hydrogen) atoms. The third kappa shape index (κ3) is 4.10. The molecule has 1 aromatic heterocycles. The SMILES string of the molecule is CC(C)CN(Cc1nc2cc(Cl)ccc2n1C)C(=O)c1cccc(Br)c1. The van der Waals surface area contributed by atoms with E-state index in [0.29, 0.717) is 29.6 Å². The summed E-state index contributed by atoms with van der Waals surface area (Å²) >= 11 is 9.52. The van der Waals surface area contributed by atoms with E-state index in [0.717, 1.165) is 21.3 Å². The maximum absolute atomic E-state index is 13.1. The van der Waals surface area contributed by atoms with Crippen molar-refractivity contribution < 1.29 is 4.79 Å². The number of carbonyl (C=O) groups excluding carboxylic acids is 1. The molecule has 0 radical (unpaired) electrons. The molecule has 3 aromatic rings. The van der Waals surface area contributed by atoms with Crippen LogP contribution in [-0.4, -0.2) is 26.9 Å². The number of nitrogens with zero attached hydrogens (tertiary/aromatic N) is 3. The van der Waals surface area contributed by atoms with Crippen molar-refractivity contribution in [2.45, 2.75) is 20.4 Å². The minimum atomic E-state index is 0.00471. The fourth-order valence-corrected chi connectivity index (χ4v) is 3.56. The summed E-state index contributed by atoms with van der Waals surface area (Å²) in [4.78, 5) is 19.6. The van der Waals surface area contributed by atoms with Gasteiger partial charge in [-0.3, -0.25) is 4.79 Å². The normalized spacial score (nSPS) is 11.3. The molecule has 0 unspecified atom stereocenters. The fourth-order valence-electron chi connectivity index (χ4n) is 3.00. The molecule has 0 spiro atoms. The molecule has 4 nitrogen and oxygen atoms in total. The van der Waals surface area contributed by atoms with Crippen LogP contribution in [0.4, 0.5) is 0 Å². The Morgan fingerprint density at radius 3 is 2.73 bits per heavy atom. The average molecular weight is 435 g/mol. The highest BCUT2D eigenvalue weighted by molar-refractivity contribution is 9.10. The second kappa shape index (κ2) is 7.80. The molecule has 0 aliphatic carbocycles. The zero-order valence-electron chi connectivity index (χ0n) is 15.0. The molecule has 0 aliphatic heterocycles. The molecule has 0 aliphatic rings. The lowest BCUT2D eigenvalue weighted by atomic mass is 10.1. The molecule has 2 aromatic carbocycles. The summed E-state index contributed by atoms with van der Waals surface area (Å²) in [5, 5.41) is 0.659. The molecule has 0 bridgehead atoms. The monoisotopic (exact) mass is 433 g/mol. The molecule has 1 amide bonds. The first-order valence-electron chi connectivity index (χ1n) is 8.51. The van der Waals surface area contributed by atoms with Crippen LogP contribution in [-0.2, 0) is 13.6 Å². The highest BCUT2D eigenvalue weighted by atomic mass is 79.9. The predicted molar refractivity (Wildman–Crippen MR) is 109 cm³/mol. The topological polar surface area (TPSA) is 38.1 Å². The van der Waals surface area contributed by atoms with Gasteiger partial charge in [0.2, 0.25) is 0 Å². The van der Waals surface area contributed by atoms with Gasteiger partial charge in [0.1, 0.15) is 5.82 Å². The number of fused-ring (bicyclic) bond motifs is 1. The molecular weight excluding hydrogens is 414 g/mol. The first-order chi connectivity index (χ1) is 12.3. The first kappa shape index (κ1) is 18.9. The van der Waals surface area contributed by atoms with E-state index >= 15 is 0 Å². The van der Waals surface area contributed by atoms with E-state index in [1.165, 1.54) is 0 Å². The summed E-state index contributed by atoms with van der Waals surface area (Å²) in [6.45, 7) is 5.33. The maximum Gasteiger partial charge on any atom is 0.254 e. The average Bonchev–Trinajstić information content (AvgIpc) is 2.88. The van der Waals surface area contributed by atoms with Crippen LogP contribution >= 0.6 is 27.5 Å². The summed E-state index contributed by atoms with van der Waals surface area (Å²) in [5.74, 6) is 1.20. The van der Waals surface area contributed by atoms with Crippen LogP contribution in [0, 0.1) is 5.92 Å².